The zero-order chi connectivity index (χ0) is 30.4. The molecule has 3 atom stereocenters. The largest absolute Gasteiger partial charge is 0.491 e. The molecule has 0 bridgehead atoms. The SMILES string of the molecule is CCC1(COCCOc2ccc(OC(=O)c3ccc4cc(C(=O)OC5CC(C)CCC5C(C)C)ccc4c3)cc2)COC1. The summed E-state index contributed by atoms with van der Waals surface area (Å²) in [6.45, 7) is 11.9. The van der Waals surface area contributed by atoms with E-state index < -0.39 is 5.97 Å². The van der Waals surface area contributed by atoms with Crippen LogP contribution < -0.4 is 9.47 Å². The summed E-state index contributed by atoms with van der Waals surface area (Å²) >= 11 is 0. The second kappa shape index (κ2) is 13.9. The van der Waals surface area contributed by atoms with E-state index in [4.69, 9.17) is 23.7 Å². The highest BCUT2D eigenvalue weighted by Gasteiger charge is 2.37. The van der Waals surface area contributed by atoms with Gasteiger partial charge in [0.05, 0.1) is 37.6 Å². The van der Waals surface area contributed by atoms with Gasteiger partial charge in [0.15, 0.2) is 0 Å². The number of rotatable bonds is 12. The van der Waals surface area contributed by atoms with Gasteiger partial charge in [-0.25, -0.2) is 9.59 Å². The van der Waals surface area contributed by atoms with Gasteiger partial charge >= 0.3 is 11.9 Å². The van der Waals surface area contributed by atoms with Crippen molar-refractivity contribution in [2.45, 2.75) is 59.5 Å². The van der Waals surface area contributed by atoms with Crippen LogP contribution in [0.1, 0.15) is 74.1 Å². The topological polar surface area (TPSA) is 80.3 Å². The summed E-state index contributed by atoms with van der Waals surface area (Å²) in [4.78, 5) is 25.9. The number of hydrogen-bond donors (Lipinski definition) is 0. The second-order valence-electron chi connectivity index (χ2n) is 12.7. The molecule has 2 aliphatic rings. The van der Waals surface area contributed by atoms with Crippen LogP contribution in [0.3, 0.4) is 0 Å². The first-order valence-electron chi connectivity index (χ1n) is 15.6. The van der Waals surface area contributed by atoms with Crippen molar-refractivity contribution < 1.29 is 33.3 Å². The van der Waals surface area contributed by atoms with Gasteiger partial charge in [0, 0.05) is 5.41 Å². The normalized spacial score (nSPS) is 21.3. The lowest BCUT2D eigenvalue weighted by molar-refractivity contribution is -0.151. The van der Waals surface area contributed by atoms with Crippen LogP contribution in [0.2, 0.25) is 0 Å². The van der Waals surface area contributed by atoms with Crippen molar-refractivity contribution >= 4 is 22.7 Å². The summed E-state index contributed by atoms with van der Waals surface area (Å²) < 4.78 is 28.5. The van der Waals surface area contributed by atoms with Crippen molar-refractivity contribution in [3.8, 4) is 11.5 Å². The third-order valence-corrected chi connectivity index (χ3v) is 9.04. The van der Waals surface area contributed by atoms with Crippen molar-refractivity contribution in [3.05, 3.63) is 71.8 Å². The second-order valence-corrected chi connectivity index (χ2v) is 12.7. The van der Waals surface area contributed by atoms with Crippen molar-refractivity contribution in [3.63, 3.8) is 0 Å². The van der Waals surface area contributed by atoms with Crippen LogP contribution in [-0.2, 0) is 14.2 Å². The van der Waals surface area contributed by atoms with Crippen LogP contribution in [0.5, 0.6) is 11.5 Å². The maximum Gasteiger partial charge on any atom is 0.343 e. The molecule has 3 aromatic carbocycles. The summed E-state index contributed by atoms with van der Waals surface area (Å²) in [5, 5.41) is 1.71. The molecule has 0 aromatic heterocycles. The van der Waals surface area contributed by atoms with Crippen LogP contribution in [0.4, 0.5) is 0 Å². The molecule has 1 heterocycles. The molecule has 1 aliphatic carbocycles. The van der Waals surface area contributed by atoms with Crippen LogP contribution >= 0.6 is 0 Å². The Labute approximate surface area is 254 Å². The standard InChI is InChI=1S/C36H44O7/c1-5-36(22-40-23-36)21-39-16-17-41-30-11-13-31(14-12-30)42-34(37)28-9-7-27-20-29(10-8-26(27)19-28)35(38)43-33-18-25(4)6-15-32(33)24(2)3/h7-14,19-20,24-25,32-33H,5-6,15-18,21-23H2,1-4H3. The van der Waals surface area contributed by atoms with E-state index >= 15 is 0 Å². The first-order chi connectivity index (χ1) is 20.7. The Morgan fingerprint density at radius 1 is 0.884 bits per heavy atom. The monoisotopic (exact) mass is 588 g/mol. The third-order valence-electron chi connectivity index (χ3n) is 9.04. The lowest BCUT2D eigenvalue weighted by atomic mass is 9.75. The summed E-state index contributed by atoms with van der Waals surface area (Å²) in [5.41, 5.74) is 1.12. The van der Waals surface area contributed by atoms with Crippen LogP contribution in [0.25, 0.3) is 10.8 Å². The van der Waals surface area contributed by atoms with E-state index in [9.17, 15) is 9.59 Å². The van der Waals surface area contributed by atoms with Gasteiger partial charge in [0.25, 0.3) is 0 Å². The number of fused-ring (bicyclic) bond motifs is 1. The molecule has 1 aliphatic heterocycles. The maximum atomic E-state index is 13.1. The minimum absolute atomic E-state index is 0.0512. The molecule has 0 amide bonds. The van der Waals surface area contributed by atoms with E-state index in [0.29, 0.717) is 60.2 Å². The fraction of sp³-hybridized carbons (Fsp3) is 0.500. The molecule has 0 N–H and O–H groups in total. The number of esters is 2. The van der Waals surface area contributed by atoms with Crippen LogP contribution in [-0.4, -0.2) is 51.1 Å². The predicted molar refractivity (Wildman–Crippen MR) is 166 cm³/mol. The molecule has 1 saturated carbocycles. The van der Waals surface area contributed by atoms with Crippen molar-refractivity contribution in [2.24, 2.45) is 23.2 Å². The molecule has 0 spiro atoms. The van der Waals surface area contributed by atoms with Crippen LogP contribution in [0, 0.1) is 23.2 Å². The molecule has 3 unspecified atom stereocenters. The number of carbonyl (C=O) groups is 2. The fourth-order valence-corrected chi connectivity index (χ4v) is 6.01. The van der Waals surface area contributed by atoms with Gasteiger partial charge in [0.1, 0.15) is 24.2 Å². The van der Waals surface area contributed by atoms with E-state index in [1.54, 1.807) is 42.5 Å². The molecule has 1 saturated heterocycles. The van der Waals surface area contributed by atoms with E-state index in [0.717, 1.165) is 43.2 Å². The number of carbonyl (C=O) groups excluding carboxylic acids is 2. The summed E-state index contributed by atoms with van der Waals surface area (Å²) in [7, 11) is 0. The minimum Gasteiger partial charge on any atom is -0.491 e. The molecule has 7 heteroatoms. The van der Waals surface area contributed by atoms with Gasteiger partial charge in [-0.3, -0.25) is 0 Å². The highest BCUT2D eigenvalue weighted by Crippen LogP contribution is 2.36. The molecule has 230 valence electrons. The van der Waals surface area contributed by atoms with E-state index in [-0.39, 0.29) is 17.5 Å². The zero-order valence-electron chi connectivity index (χ0n) is 25.8. The Balaban J connectivity index is 1.12. The highest BCUT2D eigenvalue weighted by molar-refractivity contribution is 5.99. The predicted octanol–water partition coefficient (Wildman–Crippen LogP) is 7.50. The van der Waals surface area contributed by atoms with Gasteiger partial charge < -0.3 is 23.7 Å². The zero-order valence-corrected chi connectivity index (χ0v) is 25.8. The van der Waals surface area contributed by atoms with Crippen molar-refractivity contribution in [1.29, 1.82) is 0 Å². The molecule has 5 rings (SSSR count). The average Bonchev–Trinajstić information content (AvgIpc) is 2.98. The third kappa shape index (κ3) is 7.76. The number of hydrogen-bond acceptors (Lipinski definition) is 7. The molecule has 0 radical (unpaired) electrons. The highest BCUT2D eigenvalue weighted by atomic mass is 16.5. The Hall–Kier alpha value is -3.42. The van der Waals surface area contributed by atoms with Crippen LogP contribution in [0.15, 0.2) is 60.7 Å². The average molecular weight is 589 g/mol. The van der Waals surface area contributed by atoms with Gasteiger partial charge in [-0.05, 0) is 96.3 Å². The smallest absolute Gasteiger partial charge is 0.343 e. The Morgan fingerprint density at radius 2 is 1.53 bits per heavy atom. The first kappa shape index (κ1) is 31.0. The van der Waals surface area contributed by atoms with Crippen molar-refractivity contribution in [2.75, 3.05) is 33.0 Å². The van der Waals surface area contributed by atoms with Gasteiger partial charge in [0.2, 0.25) is 0 Å². The molecular weight excluding hydrogens is 544 g/mol. The Morgan fingerprint density at radius 3 is 2.14 bits per heavy atom. The quantitative estimate of drug-likeness (QED) is 0.123. The Kier molecular flexibility index (Phi) is 10.0. The Bertz CT molecular complexity index is 1390. The van der Waals surface area contributed by atoms with Gasteiger partial charge in [-0.2, -0.15) is 0 Å². The lowest BCUT2D eigenvalue weighted by Gasteiger charge is -2.40. The van der Waals surface area contributed by atoms with Crippen molar-refractivity contribution in [1.82, 2.24) is 0 Å². The van der Waals surface area contributed by atoms with E-state index in [1.807, 2.05) is 18.2 Å². The molecule has 3 aromatic rings. The fourth-order valence-electron chi connectivity index (χ4n) is 6.01. The summed E-state index contributed by atoms with van der Waals surface area (Å²) in [6, 6.07) is 17.7. The van der Waals surface area contributed by atoms with Gasteiger partial charge in [-0.1, -0.05) is 46.2 Å². The lowest BCUT2D eigenvalue weighted by Crippen LogP contribution is -2.45. The van der Waals surface area contributed by atoms with E-state index in [2.05, 4.69) is 27.7 Å². The number of ether oxygens (including phenoxy) is 5. The summed E-state index contributed by atoms with van der Waals surface area (Å²) in [6.07, 6.45) is 4.18. The minimum atomic E-state index is -0.455. The maximum absolute atomic E-state index is 13.1. The summed E-state index contributed by atoms with van der Waals surface area (Å²) in [5.74, 6) is 1.79. The van der Waals surface area contributed by atoms with E-state index in [1.165, 1.54) is 6.42 Å². The molecule has 2 fully saturated rings. The first-order valence-corrected chi connectivity index (χ1v) is 15.6. The number of benzene rings is 3. The van der Waals surface area contributed by atoms with Gasteiger partial charge in [-0.15, -0.1) is 0 Å². The molecule has 43 heavy (non-hydrogen) atoms. The molecule has 7 nitrogen and oxygen atoms in total. The molecular formula is C36H44O7.